The summed E-state index contributed by atoms with van der Waals surface area (Å²) in [5, 5.41) is 9.41. The number of nitrogens with zero attached hydrogens (tertiary/aromatic N) is 3. The van der Waals surface area contributed by atoms with Gasteiger partial charge in [0, 0.05) is 32.1 Å². The number of hydrogen-bond acceptors (Lipinski definition) is 6. The first-order valence-electron chi connectivity index (χ1n) is 7.76. The van der Waals surface area contributed by atoms with Gasteiger partial charge in [-0.1, -0.05) is 0 Å². The molecule has 1 atom stereocenters. The number of rotatable bonds is 4. The van der Waals surface area contributed by atoms with Crippen LogP contribution in [0.2, 0.25) is 0 Å². The highest BCUT2D eigenvalue weighted by Crippen LogP contribution is 2.31. The molecule has 4 rings (SSSR count). The number of anilines is 1. The van der Waals surface area contributed by atoms with Gasteiger partial charge in [-0.15, -0.1) is 23.7 Å². The van der Waals surface area contributed by atoms with E-state index in [9.17, 15) is 4.79 Å². The summed E-state index contributed by atoms with van der Waals surface area (Å²) in [6, 6.07) is 1.94. The molecule has 0 radical (unpaired) electrons. The van der Waals surface area contributed by atoms with E-state index in [1.807, 2.05) is 11.4 Å². The van der Waals surface area contributed by atoms with E-state index in [1.54, 1.807) is 17.7 Å². The fourth-order valence-corrected chi connectivity index (χ4v) is 3.88. The van der Waals surface area contributed by atoms with Gasteiger partial charge in [0.1, 0.15) is 23.0 Å². The molecule has 2 aromatic rings. The van der Waals surface area contributed by atoms with Crippen LogP contribution in [0.1, 0.15) is 12.8 Å². The van der Waals surface area contributed by atoms with Crippen molar-refractivity contribution in [1.29, 1.82) is 0 Å². The molecule has 2 fully saturated rings. The van der Waals surface area contributed by atoms with Crippen LogP contribution >= 0.6 is 23.7 Å². The van der Waals surface area contributed by atoms with Crippen molar-refractivity contribution in [2.75, 3.05) is 31.1 Å². The summed E-state index contributed by atoms with van der Waals surface area (Å²) in [5.41, 5.74) is 0. The molecule has 0 spiro atoms. The van der Waals surface area contributed by atoms with Crippen LogP contribution in [0, 0.1) is 5.92 Å². The van der Waals surface area contributed by atoms with Gasteiger partial charge in [0.05, 0.1) is 5.39 Å². The maximum atomic E-state index is 12.5. The van der Waals surface area contributed by atoms with E-state index >= 15 is 0 Å². The molecule has 2 N–H and O–H groups in total. The summed E-state index contributed by atoms with van der Waals surface area (Å²) in [5.74, 6) is 1.61. The van der Waals surface area contributed by atoms with Crippen molar-refractivity contribution in [3.05, 3.63) is 17.8 Å². The smallest absolute Gasteiger partial charge is 0.242 e. The fraction of sp³-hybridized carbons (Fsp3) is 0.533. The number of carbonyl (C=O) groups is 1. The molecule has 2 aromatic heterocycles. The van der Waals surface area contributed by atoms with Gasteiger partial charge < -0.3 is 15.5 Å². The predicted molar refractivity (Wildman–Crippen MR) is 94.4 cm³/mol. The summed E-state index contributed by atoms with van der Waals surface area (Å²) in [7, 11) is 0. The first kappa shape index (κ1) is 16.4. The van der Waals surface area contributed by atoms with Crippen molar-refractivity contribution in [3.63, 3.8) is 0 Å². The number of nitrogens with one attached hydrogen (secondary N) is 2. The lowest BCUT2D eigenvalue weighted by Crippen LogP contribution is -2.51. The van der Waals surface area contributed by atoms with E-state index in [2.05, 4.69) is 25.5 Å². The summed E-state index contributed by atoms with van der Waals surface area (Å²) < 4.78 is 0. The Morgan fingerprint density at radius 3 is 3.09 bits per heavy atom. The van der Waals surface area contributed by atoms with Gasteiger partial charge in [0.2, 0.25) is 5.91 Å². The minimum Gasteiger partial charge on any atom is -0.354 e. The molecule has 2 saturated heterocycles. The van der Waals surface area contributed by atoms with Crippen molar-refractivity contribution >= 4 is 45.7 Å². The van der Waals surface area contributed by atoms with Crippen molar-refractivity contribution in [2.24, 2.45) is 5.92 Å². The normalized spacial score (nSPS) is 21.0. The number of carbonyl (C=O) groups excluding carboxylic acids is 1. The third-order valence-electron chi connectivity index (χ3n) is 4.50. The van der Waals surface area contributed by atoms with Crippen LogP contribution in [-0.4, -0.2) is 48.1 Å². The van der Waals surface area contributed by atoms with Crippen molar-refractivity contribution in [1.82, 2.24) is 20.6 Å². The molecular formula is C15H20ClN5OS. The lowest BCUT2D eigenvalue weighted by atomic mass is 10.0. The summed E-state index contributed by atoms with van der Waals surface area (Å²) in [4.78, 5) is 24.4. The summed E-state index contributed by atoms with van der Waals surface area (Å²) >= 11 is 1.61. The molecule has 8 heteroatoms. The van der Waals surface area contributed by atoms with E-state index in [1.165, 1.54) is 0 Å². The minimum atomic E-state index is -0.106. The maximum absolute atomic E-state index is 12.5. The Kier molecular flexibility index (Phi) is 4.99. The second-order valence-electron chi connectivity index (χ2n) is 5.96. The zero-order chi connectivity index (χ0) is 14.9. The van der Waals surface area contributed by atoms with E-state index in [4.69, 9.17) is 0 Å². The van der Waals surface area contributed by atoms with Gasteiger partial charge in [-0.05, 0) is 24.3 Å². The van der Waals surface area contributed by atoms with Crippen LogP contribution in [0.4, 0.5) is 5.82 Å². The molecule has 23 heavy (non-hydrogen) atoms. The molecule has 0 saturated carbocycles. The Balaban J connectivity index is 0.00000156. The Bertz CT molecular complexity index is 689. The highest BCUT2D eigenvalue weighted by Gasteiger charge is 2.33. The van der Waals surface area contributed by atoms with Crippen LogP contribution in [0.15, 0.2) is 17.8 Å². The van der Waals surface area contributed by atoms with Crippen molar-refractivity contribution in [3.8, 4) is 0 Å². The molecular weight excluding hydrogens is 334 g/mol. The van der Waals surface area contributed by atoms with Crippen LogP contribution in [-0.2, 0) is 4.79 Å². The highest BCUT2D eigenvalue weighted by atomic mass is 35.5. The molecule has 4 heterocycles. The van der Waals surface area contributed by atoms with Crippen molar-refractivity contribution < 1.29 is 4.79 Å². The highest BCUT2D eigenvalue weighted by molar-refractivity contribution is 7.16. The number of fused-ring (bicyclic) bond motifs is 1. The second-order valence-corrected chi connectivity index (χ2v) is 6.85. The maximum Gasteiger partial charge on any atom is 0.242 e. The van der Waals surface area contributed by atoms with Gasteiger partial charge >= 0.3 is 0 Å². The SMILES string of the molecule is Cl.O=C(NCC1CNC1)C1CCCN1c1ncnc2sccc12. The topological polar surface area (TPSA) is 70.2 Å². The Morgan fingerprint density at radius 1 is 1.43 bits per heavy atom. The zero-order valence-corrected chi connectivity index (χ0v) is 14.3. The second kappa shape index (κ2) is 6.98. The van der Waals surface area contributed by atoms with Gasteiger partial charge in [-0.3, -0.25) is 4.79 Å². The molecule has 124 valence electrons. The Hall–Kier alpha value is -1.44. The first-order chi connectivity index (χ1) is 10.8. The van der Waals surface area contributed by atoms with Gasteiger partial charge in [0.25, 0.3) is 0 Å². The number of amides is 1. The lowest BCUT2D eigenvalue weighted by molar-refractivity contribution is -0.122. The van der Waals surface area contributed by atoms with Crippen LogP contribution in [0.5, 0.6) is 0 Å². The van der Waals surface area contributed by atoms with Crippen LogP contribution in [0.3, 0.4) is 0 Å². The standard InChI is InChI=1S/C15H19N5OS.ClH/c21-14(17-8-10-6-16-7-10)12-2-1-4-20(12)13-11-3-5-22-15(11)19-9-18-13;/h3,5,9-10,12,16H,1-2,4,6-8H2,(H,17,21);1H. The van der Waals surface area contributed by atoms with Gasteiger partial charge in [-0.2, -0.15) is 0 Å². The molecule has 2 aliphatic rings. The third-order valence-corrected chi connectivity index (χ3v) is 5.32. The van der Waals surface area contributed by atoms with E-state index < -0.39 is 0 Å². The average Bonchev–Trinajstić information content (AvgIpc) is 3.14. The number of hydrogen-bond donors (Lipinski definition) is 2. The third kappa shape index (κ3) is 3.13. The van der Waals surface area contributed by atoms with Gasteiger partial charge in [0.15, 0.2) is 0 Å². The summed E-state index contributed by atoms with van der Waals surface area (Å²) in [6.45, 7) is 3.67. The van der Waals surface area contributed by atoms with E-state index in [0.29, 0.717) is 5.92 Å². The Labute approximate surface area is 145 Å². The molecule has 0 aliphatic carbocycles. The first-order valence-corrected chi connectivity index (χ1v) is 8.64. The van der Waals surface area contributed by atoms with Gasteiger partial charge in [-0.25, -0.2) is 9.97 Å². The van der Waals surface area contributed by atoms with Crippen LogP contribution < -0.4 is 15.5 Å². The largest absolute Gasteiger partial charge is 0.354 e. The number of thiophene rings is 1. The lowest BCUT2D eigenvalue weighted by Gasteiger charge is -2.29. The average molecular weight is 354 g/mol. The molecule has 0 bridgehead atoms. The minimum absolute atomic E-state index is 0. The number of halogens is 1. The van der Waals surface area contributed by atoms with E-state index in [-0.39, 0.29) is 24.4 Å². The van der Waals surface area contributed by atoms with Crippen LogP contribution in [0.25, 0.3) is 10.2 Å². The van der Waals surface area contributed by atoms with E-state index in [0.717, 1.165) is 55.1 Å². The molecule has 2 aliphatic heterocycles. The summed E-state index contributed by atoms with van der Waals surface area (Å²) in [6.07, 6.45) is 3.52. The molecule has 1 unspecified atom stereocenters. The molecule has 1 amide bonds. The quantitative estimate of drug-likeness (QED) is 0.870. The monoisotopic (exact) mass is 353 g/mol. The molecule has 0 aromatic carbocycles. The Morgan fingerprint density at radius 2 is 2.30 bits per heavy atom. The molecule has 6 nitrogen and oxygen atoms in total. The van der Waals surface area contributed by atoms with Crippen molar-refractivity contribution in [2.45, 2.75) is 18.9 Å². The predicted octanol–water partition coefficient (Wildman–Crippen LogP) is 1.42. The fourth-order valence-electron chi connectivity index (χ4n) is 3.15. The zero-order valence-electron chi connectivity index (χ0n) is 12.7. The number of aromatic nitrogens is 2.